The first-order valence-electron chi connectivity index (χ1n) is 12.5. The number of morpholine rings is 1. The number of hydrogen-bond donors (Lipinski definition) is 2. The van der Waals surface area contributed by atoms with Gasteiger partial charge >= 0.3 is 6.18 Å². The van der Waals surface area contributed by atoms with Gasteiger partial charge in [0.25, 0.3) is 5.91 Å². The molecule has 41 heavy (non-hydrogen) atoms. The Balaban J connectivity index is 1.45. The van der Waals surface area contributed by atoms with Crippen molar-refractivity contribution in [3.63, 3.8) is 0 Å². The molecular weight excluding hydrogens is 543 g/mol. The lowest BCUT2D eigenvalue weighted by molar-refractivity contribution is -0.153. The van der Waals surface area contributed by atoms with Gasteiger partial charge in [-0.2, -0.15) is 18.3 Å². The fourth-order valence-corrected chi connectivity index (χ4v) is 4.72. The number of anilines is 2. The molecule has 214 valence electrons. The van der Waals surface area contributed by atoms with Crippen LogP contribution in [0.2, 0.25) is 0 Å². The van der Waals surface area contributed by atoms with Crippen LogP contribution in [-0.4, -0.2) is 69.9 Å². The van der Waals surface area contributed by atoms with Crippen molar-refractivity contribution in [3.05, 3.63) is 71.7 Å². The largest absolute Gasteiger partial charge is 0.416 e. The lowest BCUT2D eigenvalue weighted by Gasteiger charge is -2.39. The normalized spacial score (nSPS) is 17.5. The number of carbonyl (C=O) groups is 2. The molecule has 14 heteroatoms. The molecule has 1 aliphatic rings. The molecule has 0 aliphatic carbocycles. The zero-order valence-electron chi connectivity index (χ0n) is 22.1. The van der Waals surface area contributed by atoms with Gasteiger partial charge in [-0.15, -0.1) is 0 Å². The number of halogens is 3. The van der Waals surface area contributed by atoms with Crippen molar-refractivity contribution >= 4 is 34.4 Å². The van der Waals surface area contributed by atoms with Gasteiger partial charge in [0, 0.05) is 37.0 Å². The van der Waals surface area contributed by atoms with E-state index in [4.69, 9.17) is 20.3 Å². The Morgan fingerprint density at radius 2 is 1.88 bits per heavy atom. The number of aromatic nitrogens is 4. The van der Waals surface area contributed by atoms with Gasteiger partial charge in [0.1, 0.15) is 35.1 Å². The number of nitrogens with one attached hydrogen (secondary N) is 1. The van der Waals surface area contributed by atoms with Gasteiger partial charge in [-0.25, -0.2) is 14.6 Å². The van der Waals surface area contributed by atoms with Crippen LogP contribution in [-0.2, 0) is 26.0 Å². The monoisotopic (exact) mass is 569 g/mol. The summed E-state index contributed by atoms with van der Waals surface area (Å²) in [7, 11) is 1.46. The van der Waals surface area contributed by atoms with Crippen LogP contribution < -0.4 is 11.1 Å². The van der Waals surface area contributed by atoms with Crippen LogP contribution in [0, 0.1) is 0 Å². The van der Waals surface area contributed by atoms with Crippen LogP contribution in [0.4, 0.5) is 24.8 Å². The number of pyridine rings is 2. The minimum atomic E-state index is -4.57. The molecule has 1 fully saturated rings. The highest BCUT2D eigenvalue weighted by Crippen LogP contribution is 2.36. The Morgan fingerprint density at radius 1 is 1.15 bits per heavy atom. The average molecular weight is 570 g/mol. The Kier molecular flexibility index (Phi) is 7.36. The Bertz CT molecular complexity index is 1610. The summed E-state index contributed by atoms with van der Waals surface area (Å²) in [4.78, 5) is 34.9. The molecule has 3 N–H and O–H groups in total. The second-order valence-electron chi connectivity index (χ2n) is 9.61. The molecule has 5 rings (SSSR count). The smallest absolute Gasteiger partial charge is 0.382 e. The molecule has 1 unspecified atom stereocenters. The van der Waals surface area contributed by atoms with E-state index in [-0.39, 0.29) is 36.3 Å². The predicted octanol–water partition coefficient (Wildman–Crippen LogP) is 3.39. The second kappa shape index (κ2) is 10.8. The van der Waals surface area contributed by atoms with Crippen molar-refractivity contribution in [1.29, 1.82) is 0 Å². The molecule has 0 radical (unpaired) electrons. The van der Waals surface area contributed by atoms with E-state index in [1.165, 1.54) is 19.2 Å². The van der Waals surface area contributed by atoms with E-state index >= 15 is 0 Å². The second-order valence-corrected chi connectivity index (χ2v) is 9.61. The quantitative estimate of drug-likeness (QED) is 0.361. The fourth-order valence-electron chi connectivity index (χ4n) is 4.72. The third kappa shape index (κ3) is 5.56. The Morgan fingerprint density at radius 3 is 2.59 bits per heavy atom. The maximum Gasteiger partial charge on any atom is 0.416 e. The highest BCUT2D eigenvalue weighted by Gasteiger charge is 2.40. The van der Waals surface area contributed by atoms with E-state index in [2.05, 4.69) is 15.3 Å². The van der Waals surface area contributed by atoms with E-state index in [1.807, 2.05) is 6.92 Å². The summed E-state index contributed by atoms with van der Waals surface area (Å²) in [6, 6.07) is 9.59. The third-order valence-electron chi connectivity index (χ3n) is 6.72. The first-order chi connectivity index (χ1) is 19.5. The maximum atomic E-state index is 13.0. The number of rotatable bonds is 6. The summed E-state index contributed by atoms with van der Waals surface area (Å²) >= 11 is 0. The van der Waals surface area contributed by atoms with Crippen LogP contribution >= 0.6 is 0 Å². The fraction of sp³-hybridized carbons (Fsp3) is 0.296. The molecule has 0 saturated carbocycles. The van der Waals surface area contributed by atoms with E-state index in [0.29, 0.717) is 35.4 Å². The minimum Gasteiger partial charge on any atom is -0.382 e. The molecule has 11 nitrogen and oxygen atoms in total. The lowest BCUT2D eigenvalue weighted by Crippen LogP contribution is -2.51. The highest BCUT2D eigenvalue weighted by atomic mass is 19.4. The van der Waals surface area contributed by atoms with Crippen LogP contribution in [0.5, 0.6) is 0 Å². The van der Waals surface area contributed by atoms with Crippen molar-refractivity contribution in [1.82, 2.24) is 24.6 Å². The topological polar surface area (TPSA) is 137 Å². The number of ether oxygens (including phenoxy) is 2. The number of benzene rings is 1. The van der Waals surface area contributed by atoms with Crippen molar-refractivity contribution in [3.8, 4) is 5.69 Å². The number of nitrogen functional groups attached to an aromatic ring is 1. The van der Waals surface area contributed by atoms with Gasteiger partial charge < -0.3 is 25.4 Å². The number of amides is 2. The lowest BCUT2D eigenvalue weighted by atomic mass is 9.96. The number of fused-ring (bicyclic) bond motifs is 1. The first-order valence-corrected chi connectivity index (χ1v) is 12.5. The van der Waals surface area contributed by atoms with Crippen molar-refractivity contribution in [2.45, 2.75) is 18.7 Å². The number of nitrogens with zero attached hydrogens (tertiary/aromatic N) is 5. The van der Waals surface area contributed by atoms with E-state index in [0.717, 1.165) is 18.3 Å². The standard InChI is InChI=1S/C27H26F3N7O4/c1-26(15-36(11-12-41-26)21(38)14-40-2)23-19-8-10-33-24(31)22(19)37(35-23)18-5-3-16(4-6-18)25(39)34-20-13-17(7-9-32-20)27(28,29)30/h3-10,13H,11-12,14-15H2,1-2H3,(H2,31,33)(H,32,34,39). The van der Waals surface area contributed by atoms with Crippen molar-refractivity contribution in [2.75, 3.05) is 44.5 Å². The first kappa shape index (κ1) is 28.0. The summed E-state index contributed by atoms with van der Waals surface area (Å²) in [6.07, 6.45) is -2.03. The molecular formula is C27H26F3N7O4. The number of alkyl halides is 3. The molecule has 1 aromatic carbocycles. The molecule has 3 aromatic heterocycles. The van der Waals surface area contributed by atoms with Gasteiger partial charge in [-0.3, -0.25) is 9.59 Å². The third-order valence-corrected chi connectivity index (χ3v) is 6.72. The summed E-state index contributed by atoms with van der Waals surface area (Å²) in [6.45, 7) is 2.75. The maximum absolute atomic E-state index is 13.0. The summed E-state index contributed by atoms with van der Waals surface area (Å²) < 4.78 is 51.8. The SMILES string of the molecule is COCC(=O)N1CCOC(C)(c2nn(-c3ccc(C(=O)Nc4cc(C(F)(F)F)ccn4)cc3)c3c(N)nccc23)C1. The molecule has 0 bridgehead atoms. The van der Waals surface area contributed by atoms with Gasteiger partial charge in [-0.05, 0) is 49.4 Å². The van der Waals surface area contributed by atoms with Crippen molar-refractivity contribution in [2.24, 2.45) is 0 Å². The zero-order chi connectivity index (χ0) is 29.4. The molecule has 4 aromatic rings. The average Bonchev–Trinajstić information content (AvgIpc) is 3.35. The van der Waals surface area contributed by atoms with Crippen LogP contribution in [0.25, 0.3) is 16.6 Å². The van der Waals surface area contributed by atoms with E-state index in [1.54, 1.807) is 34.0 Å². The number of hydrogen-bond acceptors (Lipinski definition) is 8. The highest BCUT2D eigenvalue weighted by molar-refractivity contribution is 6.04. The molecule has 0 spiro atoms. The summed E-state index contributed by atoms with van der Waals surface area (Å²) in [5.74, 6) is -0.819. The number of methoxy groups -OCH3 is 1. The molecule has 1 aliphatic heterocycles. The van der Waals surface area contributed by atoms with Crippen LogP contribution in [0.15, 0.2) is 54.9 Å². The van der Waals surface area contributed by atoms with E-state index < -0.39 is 23.2 Å². The van der Waals surface area contributed by atoms with Gasteiger partial charge in [0.15, 0.2) is 0 Å². The summed E-state index contributed by atoms with van der Waals surface area (Å²) in [5.41, 5.74) is 6.16. The summed E-state index contributed by atoms with van der Waals surface area (Å²) in [5, 5.41) is 7.88. The Hall–Kier alpha value is -4.56. The molecule has 1 saturated heterocycles. The Labute approximate surface area is 232 Å². The predicted molar refractivity (Wildman–Crippen MR) is 142 cm³/mol. The van der Waals surface area contributed by atoms with Crippen LogP contribution in [0.3, 0.4) is 0 Å². The molecule has 2 amide bonds. The van der Waals surface area contributed by atoms with Gasteiger partial charge in [0.2, 0.25) is 5.91 Å². The van der Waals surface area contributed by atoms with E-state index in [9.17, 15) is 22.8 Å². The number of carbonyl (C=O) groups excluding carboxylic acids is 2. The molecule has 4 heterocycles. The minimum absolute atomic E-state index is 0.0497. The van der Waals surface area contributed by atoms with Crippen LogP contribution in [0.1, 0.15) is 28.5 Å². The van der Waals surface area contributed by atoms with Gasteiger partial charge in [0.05, 0.1) is 24.4 Å². The zero-order valence-corrected chi connectivity index (χ0v) is 22.1. The van der Waals surface area contributed by atoms with Gasteiger partial charge in [-0.1, -0.05) is 0 Å². The van der Waals surface area contributed by atoms with Crippen molar-refractivity contribution < 1.29 is 32.2 Å². The molecule has 1 atom stereocenters. The number of nitrogens with two attached hydrogens (primary N) is 1.